The van der Waals surface area contributed by atoms with Crippen molar-refractivity contribution in [2.75, 3.05) is 7.05 Å². The standard InChI is InChI=1S/C13H11F4N3/c1-18-12(8-5-19-7-20-6-8)9-3-2-4-10(11(9)14)13(15,16)17/h2-7,12,18H,1H3. The summed E-state index contributed by atoms with van der Waals surface area (Å²) in [7, 11) is 1.53. The Morgan fingerprint density at radius 3 is 2.35 bits per heavy atom. The molecule has 0 spiro atoms. The molecule has 1 aromatic carbocycles. The topological polar surface area (TPSA) is 37.8 Å². The summed E-state index contributed by atoms with van der Waals surface area (Å²) >= 11 is 0. The van der Waals surface area contributed by atoms with E-state index in [4.69, 9.17) is 0 Å². The maximum Gasteiger partial charge on any atom is 0.419 e. The van der Waals surface area contributed by atoms with E-state index in [9.17, 15) is 17.6 Å². The molecule has 0 aliphatic rings. The van der Waals surface area contributed by atoms with Crippen LogP contribution in [-0.2, 0) is 6.18 Å². The second kappa shape index (κ2) is 5.54. The van der Waals surface area contributed by atoms with Gasteiger partial charge < -0.3 is 5.32 Å². The van der Waals surface area contributed by atoms with E-state index in [1.165, 1.54) is 37.9 Å². The first-order valence-electron chi connectivity index (χ1n) is 5.73. The van der Waals surface area contributed by atoms with Crippen molar-refractivity contribution in [3.05, 3.63) is 59.4 Å². The summed E-state index contributed by atoms with van der Waals surface area (Å²) in [6.45, 7) is 0. The van der Waals surface area contributed by atoms with Gasteiger partial charge in [-0.25, -0.2) is 14.4 Å². The third-order valence-corrected chi connectivity index (χ3v) is 2.85. The van der Waals surface area contributed by atoms with Crippen molar-refractivity contribution in [1.82, 2.24) is 15.3 Å². The highest BCUT2D eigenvalue weighted by Gasteiger charge is 2.35. The average Bonchev–Trinajstić information content (AvgIpc) is 2.41. The molecule has 0 amide bonds. The summed E-state index contributed by atoms with van der Waals surface area (Å²) in [4.78, 5) is 7.57. The quantitative estimate of drug-likeness (QED) is 0.881. The normalized spacial score (nSPS) is 13.2. The lowest BCUT2D eigenvalue weighted by Crippen LogP contribution is -2.21. The zero-order valence-electron chi connectivity index (χ0n) is 10.4. The molecule has 2 aromatic rings. The molecule has 0 aliphatic carbocycles. The minimum Gasteiger partial charge on any atom is -0.309 e. The highest BCUT2D eigenvalue weighted by molar-refractivity contribution is 5.35. The molecule has 2 rings (SSSR count). The first-order valence-corrected chi connectivity index (χ1v) is 5.73. The molecule has 1 aromatic heterocycles. The van der Waals surface area contributed by atoms with E-state index in [0.29, 0.717) is 11.6 Å². The molecule has 106 valence electrons. The van der Waals surface area contributed by atoms with Gasteiger partial charge in [-0.3, -0.25) is 0 Å². The highest BCUT2D eigenvalue weighted by Crippen LogP contribution is 2.34. The number of halogens is 4. The van der Waals surface area contributed by atoms with Crippen LogP contribution in [-0.4, -0.2) is 17.0 Å². The van der Waals surface area contributed by atoms with Gasteiger partial charge in [-0.15, -0.1) is 0 Å². The molecule has 3 nitrogen and oxygen atoms in total. The van der Waals surface area contributed by atoms with E-state index >= 15 is 0 Å². The SMILES string of the molecule is CNC(c1cncnc1)c1cccc(C(F)(F)F)c1F. The van der Waals surface area contributed by atoms with Crippen molar-refractivity contribution in [3.8, 4) is 0 Å². The van der Waals surface area contributed by atoms with Crippen LogP contribution in [0, 0.1) is 5.82 Å². The summed E-state index contributed by atoms with van der Waals surface area (Å²) in [6.07, 6.45) is -0.591. The Bertz CT molecular complexity index is 584. The summed E-state index contributed by atoms with van der Waals surface area (Å²) in [6, 6.07) is 2.44. The lowest BCUT2D eigenvalue weighted by molar-refractivity contribution is -0.140. The molecule has 1 heterocycles. The van der Waals surface area contributed by atoms with E-state index in [0.717, 1.165) is 0 Å². The number of rotatable bonds is 3. The number of hydrogen-bond donors (Lipinski definition) is 1. The second-order valence-corrected chi connectivity index (χ2v) is 4.10. The first-order chi connectivity index (χ1) is 9.45. The third-order valence-electron chi connectivity index (χ3n) is 2.85. The molecule has 0 aliphatic heterocycles. The summed E-state index contributed by atoms with van der Waals surface area (Å²) in [5.74, 6) is -1.29. The van der Waals surface area contributed by atoms with Crippen molar-refractivity contribution in [2.45, 2.75) is 12.2 Å². The van der Waals surface area contributed by atoms with Crippen LogP contribution in [0.25, 0.3) is 0 Å². The smallest absolute Gasteiger partial charge is 0.309 e. The van der Waals surface area contributed by atoms with Gasteiger partial charge in [0.05, 0.1) is 11.6 Å². The first kappa shape index (κ1) is 14.4. The number of benzene rings is 1. The van der Waals surface area contributed by atoms with E-state index in [1.54, 1.807) is 0 Å². The second-order valence-electron chi connectivity index (χ2n) is 4.10. The Morgan fingerprint density at radius 2 is 1.80 bits per heavy atom. The Kier molecular flexibility index (Phi) is 3.99. The molecule has 0 saturated heterocycles. The Balaban J connectivity index is 2.52. The highest BCUT2D eigenvalue weighted by atomic mass is 19.4. The van der Waals surface area contributed by atoms with Gasteiger partial charge in [-0.05, 0) is 13.1 Å². The van der Waals surface area contributed by atoms with Crippen LogP contribution in [0.4, 0.5) is 17.6 Å². The zero-order valence-corrected chi connectivity index (χ0v) is 10.4. The molecule has 20 heavy (non-hydrogen) atoms. The van der Waals surface area contributed by atoms with Crippen LogP contribution in [0.2, 0.25) is 0 Å². The molecule has 0 radical (unpaired) electrons. The molecular formula is C13H11F4N3. The van der Waals surface area contributed by atoms with Crippen LogP contribution in [0.5, 0.6) is 0 Å². The fourth-order valence-corrected chi connectivity index (χ4v) is 1.95. The van der Waals surface area contributed by atoms with Crippen molar-refractivity contribution in [3.63, 3.8) is 0 Å². The van der Waals surface area contributed by atoms with Crippen LogP contribution in [0.15, 0.2) is 36.9 Å². The van der Waals surface area contributed by atoms with Crippen molar-refractivity contribution in [2.24, 2.45) is 0 Å². The minimum absolute atomic E-state index is 0.0999. The number of nitrogens with zero attached hydrogens (tertiary/aromatic N) is 2. The summed E-state index contributed by atoms with van der Waals surface area (Å²) in [5.41, 5.74) is -0.905. The van der Waals surface area contributed by atoms with E-state index in [-0.39, 0.29) is 5.56 Å². The lowest BCUT2D eigenvalue weighted by atomic mass is 9.98. The van der Waals surface area contributed by atoms with Crippen molar-refractivity contribution in [1.29, 1.82) is 0 Å². The lowest BCUT2D eigenvalue weighted by Gasteiger charge is -2.19. The largest absolute Gasteiger partial charge is 0.419 e. The molecule has 0 saturated carbocycles. The maximum atomic E-state index is 14.1. The Morgan fingerprint density at radius 1 is 1.15 bits per heavy atom. The minimum atomic E-state index is -4.73. The molecular weight excluding hydrogens is 274 g/mol. The Labute approximate surface area is 112 Å². The van der Waals surface area contributed by atoms with Crippen LogP contribution in [0.3, 0.4) is 0 Å². The summed E-state index contributed by atoms with van der Waals surface area (Å²) < 4.78 is 52.2. The van der Waals surface area contributed by atoms with Gasteiger partial charge in [0.1, 0.15) is 12.1 Å². The van der Waals surface area contributed by atoms with E-state index in [2.05, 4.69) is 15.3 Å². The number of hydrogen-bond acceptors (Lipinski definition) is 3. The number of alkyl halides is 3. The van der Waals surface area contributed by atoms with E-state index in [1.807, 2.05) is 0 Å². The molecule has 0 fully saturated rings. The predicted molar refractivity (Wildman–Crippen MR) is 64.3 cm³/mol. The number of nitrogens with one attached hydrogen (secondary N) is 1. The van der Waals surface area contributed by atoms with Crippen LogP contribution >= 0.6 is 0 Å². The maximum absolute atomic E-state index is 14.1. The van der Waals surface area contributed by atoms with Gasteiger partial charge in [0.25, 0.3) is 0 Å². The van der Waals surface area contributed by atoms with Gasteiger partial charge in [-0.1, -0.05) is 12.1 Å². The van der Waals surface area contributed by atoms with Crippen molar-refractivity contribution < 1.29 is 17.6 Å². The fraction of sp³-hybridized carbons (Fsp3) is 0.231. The summed E-state index contributed by atoms with van der Waals surface area (Å²) in [5, 5.41) is 2.77. The molecule has 1 atom stereocenters. The van der Waals surface area contributed by atoms with Gasteiger partial charge in [-0.2, -0.15) is 13.2 Å². The van der Waals surface area contributed by atoms with Crippen molar-refractivity contribution >= 4 is 0 Å². The van der Waals surface area contributed by atoms with Gasteiger partial charge >= 0.3 is 6.18 Å². The predicted octanol–water partition coefficient (Wildman–Crippen LogP) is 2.94. The van der Waals surface area contributed by atoms with Gasteiger partial charge in [0.2, 0.25) is 0 Å². The molecule has 7 heteroatoms. The molecule has 1 N–H and O–H groups in total. The average molecular weight is 285 g/mol. The third kappa shape index (κ3) is 2.77. The zero-order chi connectivity index (χ0) is 14.8. The fourth-order valence-electron chi connectivity index (χ4n) is 1.95. The van der Waals surface area contributed by atoms with Crippen LogP contribution < -0.4 is 5.32 Å². The van der Waals surface area contributed by atoms with E-state index < -0.39 is 23.6 Å². The van der Waals surface area contributed by atoms with Crippen LogP contribution in [0.1, 0.15) is 22.7 Å². The van der Waals surface area contributed by atoms with Gasteiger partial charge in [0.15, 0.2) is 0 Å². The molecule has 0 bridgehead atoms. The number of aromatic nitrogens is 2. The monoisotopic (exact) mass is 285 g/mol. The Hall–Kier alpha value is -2.02. The molecule has 1 unspecified atom stereocenters. The van der Waals surface area contributed by atoms with Gasteiger partial charge in [0, 0.05) is 23.5 Å².